The normalized spacial score (nSPS) is 10.1. The van der Waals surface area contributed by atoms with Gasteiger partial charge in [-0.1, -0.05) is 45.2 Å². The number of esters is 1. The first kappa shape index (κ1) is 16.8. The topological polar surface area (TPSA) is 55.4 Å². The summed E-state index contributed by atoms with van der Waals surface area (Å²) in [6.07, 6.45) is 0. The molecule has 0 saturated carbocycles. The molecule has 1 N–H and O–H groups in total. The van der Waals surface area contributed by atoms with Gasteiger partial charge in [0.15, 0.2) is 6.61 Å². The van der Waals surface area contributed by atoms with E-state index in [1.54, 1.807) is 36.4 Å². The van der Waals surface area contributed by atoms with Crippen LogP contribution in [0.15, 0.2) is 46.9 Å². The van der Waals surface area contributed by atoms with Gasteiger partial charge in [-0.25, -0.2) is 4.79 Å². The highest BCUT2D eigenvalue weighted by Gasteiger charge is 2.11. The molecule has 2 rings (SSSR count). The van der Waals surface area contributed by atoms with Crippen molar-refractivity contribution in [2.45, 2.75) is 0 Å². The number of ether oxygens (including phenoxy) is 1. The highest BCUT2D eigenvalue weighted by atomic mass is 79.9. The lowest BCUT2D eigenvalue weighted by molar-refractivity contribution is -0.119. The minimum Gasteiger partial charge on any atom is -0.452 e. The monoisotopic (exact) mass is 401 g/mol. The van der Waals surface area contributed by atoms with Gasteiger partial charge in [-0.2, -0.15) is 0 Å². The summed E-state index contributed by atoms with van der Waals surface area (Å²) >= 11 is 15.0. The third-order valence-corrected chi connectivity index (χ3v) is 3.64. The molecule has 0 heterocycles. The third-order valence-electron chi connectivity index (χ3n) is 2.60. The number of benzene rings is 2. The molecule has 2 aromatic carbocycles. The van der Waals surface area contributed by atoms with Crippen LogP contribution >= 0.6 is 39.1 Å². The van der Waals surface area contributed by atoms with E-state index in [1.165, 1.54) is 6.07 Å². The quantitative estimate of drug-likeness (QED) is 0.763. The van der Waals surface area contributed by atoms with Gasteiger partial charge in [0.05, 0.1) is 16.3 Å². The first-order chi connectivity index (χ1) is 10.5. The predicted octanol–water partition coefficient (Wildman–Crippen LogP) is 4.55. The molecule has 114 valence electrons. The zero-order valence-electron chi connectivity index (χ0n) is 11.1. The van der Waals surface area contributed by atoms with Crippen molar-refractivity contribution in [1.29, 1.82) is 0 Å². The Labute approximate surface area is 145 Å². The van der Waals surface area contributed by atoms with Crippen LogP contribution in [0.2, 0.25) is 10.0 Å². The van der Waals surface area contributed by atoms with Gasteiger partial charge in [-0.3, -0.25) is 4.79 Å². The molecule has 0 aliphatic carbocycles. The molecule has 0 saturated heterocycles. The maximum atomic E-state index is 11.8. The van der Waals surface area contributed by atoms with Crippen LogP contribution in [-0.4, -0.2) is 18.5 Å². The Morgan fingerprint density at radius 1 is 1.14 bits per heavy atom. The van der Waals surface area contributed by atoms with Gasteiger partial charge < -0.3 is 10.1 Å². The Hall–Kier alpha value is -1.56. The zero-order chi connectivity index (χ0) is 16.1. The molecule has 22 heavy (non-hydrogen) atoms. The standard InChI is InChI=1S/C15H10BrCl2NO3/c16-10-4-5-13(12(18)7-10)19-14(20)8-22-15(21)9-2-1-3-11(17)6-9/h1-7H,8H2,(H,19,20). The van der Waals surface area contributed by atoms with E-state index in [2.05, 4.69) is 21.2 Å². The molecular weight excluding hydrogens is 393 g/mol. The van der Waals surface area contributed by atoms with Gasteiger partial charge >= 0.3 is 5.97 Å². The molecule has 0 aromatic heterocycles. The summed E-state index contributed by atoms with van der Waals surface area (Å²) in [7, 11) is 0. The fourth-order valence-electron chi connectivity index (χ4n) is 1.61. The SMILES string of the molecule is O=C(COC(=O)c1cccc(Cl)c1)Nc1ccc(Br)cc1Cl. The van der Waals surface area contributed by atoms with E-state index in [-0.39, 0.29) is 5.56 Å². The molecule has 0 spiro atoms. The molecule has 0 fully saturated rings. The Bertz CT molecular complexity index is 722. The number of halogens is 3. The molecule has 0 aliphatic heterocycles. The summed E-state index contributed by atoms with van der Waals surface area (Å²) in [5.74, 6) is -1.11. The summed E-state index contributed by atoms with van der Waals surface area (Å²) in [6, 6.07) is 11.3. The fraction of sp³-hybridized carbons (Fsp3) is 0.0667. The zero-order valence-corrected chi connectivity index (χ0v) is 14.2. The average Bonchev–Trinajstić information content (AvgIpc) is 2.47. The van der Waals surface area contributed by atoms with Crippen molar-refractivity contribution in [3.8, 4) is 0 Å². The smallest absolute Gasteiger partial charge is 0.338 e. The molecule has 7 heteroatoms. The van der Waals surface area contributed by atoms with E-state index in [1.807, 2.05) is 0 Å². The van der Waals surface area contributed by atoms with Crippen molar-refractivity contribution in [2.24, 2.45) is 0 Å². The van der Waals surface area contributed by atoms with Gasteiger partial charge in [0.1, 0.15) is 0 Å². The van der Waals surface area contributed by atoms with Crippen molar-refractivity contribution in [3.63, 3.8) is 0 Å². The van der Waals surface area contributed by atoms with Crippen LogP contribution in [0.4, 0.5) is 5.69 Å². The van der Waals surface area contributed by atoms with Gasteiger partial charge in [0.25, 0.3) is 5.91 Å². The number of carbonyl (C=O) groups is 2. The maximum absolute atomic E-state index is 11.8. The summed E-state index contributed by atoms with van der Waals surface area (Å²) in [4.78, 5) is 23.5. The maximum Gasteiger partial charge on any atom is 0.338 e. The molecule has 0 unspecified atom stereocenters. The Kier molecular flexibility index (Phi) is 5.83. The lowest BCUT2D eigenvalue weighted by Gasteiger charge is -2.08. The number of amides is 1. The second-order valence-corrected chi connectivity index (χ2v) is 6.02. The number of anilines is 1. The minimum absolute atomic E-state index is 0.280. The van der Waals surface area contributed by atoms with Gasteiger partial charge in [-0.05, 0) is 36.4 Å². The van der Waals surface area contributed by atoms with E-state index >= 15 is 0 Å². The van der Waals surface area contributed by atoms with Crippen LogP contribution in [0, 0.1) is 0 Å². The average molecular weight is 403 g/mol. The number of carbonyl (C=O) groups excluding carboxylic acids is 2. The largest absolute Gasteiger partial charge is 0.452 e. The van der Waals surface area contributed by atoms with Crippen LogP contribution < -0.4 is 5.32 Å². The number of rotatable bonds is 4. The summed E-state index contributed by atoms with van der Waals surface area (Å²) < 4.78 is 5.71. The Balaban J connectivity index is 1.91. The number of hydrogen-bond donors (Lipinski definition) is 1. The van der Waals surface area contributed by atoms with Crippen molar-refractivity contribution in [2.75, 3.05) is 11.9 Å². The van der Waals surface area contributed by atoms with Gasteiger partial charge in [0, 0.05) is 9.50 Å². The Morgan fingerprint density at radius 2 is 1.91 bits per heavy atom. The van der Waals surface area contributed by atoms with Crippen molar-refractivity contribution in [1.82, 2.24) is 0 Å². The minimum atomic E-state index is -0.625. The van der Waals surface area contributed by atoms with Crippen molar-refractivity contribution < 1.29 is 14.3 Å². The van der Waals surface area contributed by atoms with E-state index in [9.17, 15) is 9.59 Å². The molecule has 0 radical (unpaired) electrons. The van der Waals surface area contributed by atoms with E-state index in [0.717, 1.165) is 4.47 Å². The highest BCUT2D eigenvalue weighted by molar-refractivity contribution is 9.10. The van der Waals surface area contributed by atoms with Gasteiger partial charge in [0.2, 0.25) is 0 Å². The molecule has 1 amide bonds. The number of nitrogens with one attached hydrogen (secondary N) is 1. The van der Waals surface area contributed by atoms with Crippen LogP contribution in [0.25, 0.3) is 0 Å². The van der Waals surface area contributed by atoms with Gasteiger partial charge in [-0.15, -0.1) is 0 Å². The molecule has 0 bridgehead atoms. The second kappa shape index (κ2) is 7.63. The van der Waals surface area contributed by atoms with Crippen molar-refractivity contribution in [3.05, 3.63) is 62.5 Å². The lowest BCUT2D eigenvalue weighted by atomic mass is 10.2. The fourth-order valence-corrected chi connectivity index (χ4v) is 2.52. The molecule has 0 atom stereocenters. The predicted molar refractivity (Wildman–Crippen MR) is 89.5 cm³/mol. The second-order valence-electron chi connectivity index (χ2n) is 4.26. The van der Waals surface area contributed by atoms with Crippen LogP contribution in [0.3, 0.4) is 0 Å². The third kappa shape index (κ3) is 4.73. The molecule has 0 aliphatic rings. The molecule has 4 nitrogen and oxygen atoms in total. The van der Waals surface area contributed by atoms with Crippen molar-refractivity contribution >= 4 is 56.7 Å². The van der Waals surface area contributed by atoms with E-state index in [4.69, 9.17) is 27.9 Å². The molecule has 2 aromatic rings. The van der Waals surface area contributed by atoms with Crippen LogP contribution in [0.5, 0.6) is 0 Å². The first-order valence-electron chi connectivity index (χ1n) is 6.13. The first-order valence-corrected chi connectivity index (χ1v) is 7.68. The van der Waals surface area contributed by atoms with Crippen LogP contribution in [-0.2, 0) is 9.53 Å². The summed E-state index contributed by atoms with van der Waals surface area (Å²) in [5.41, 5.74) is 0.718. The summed E-state index contributed by atoms with van der Waals surface area (Å²) in [6.45, 7) is -0.419. The highest BCUT2D eigenvalue weighted by Crippen LogP contribution is 2.25. The summed E-state index contributed by atoms with van der Waals surface area (Å²) in [5, 5.41) is 3.36. The van der Waals surface area contributed by atoms with E-state index in [0.29, 0.717) is 15.7 Å². The lowest BCUT2D eigenvalue weighted by Crippen LogP contribution is -2.21. The number of hydrogen-bond acceptors (Lipinski definition) is 3. The Morgan fingerprint density at radius 3 is 2.59 bits per heavy atom. The molecular formula is C15H10BrCl2NO3. The van der Waals surface area contributed by atoms with Crippen LogP contribution in [0.1, 0.15) is 10.4 Å². The van der Waals surface area contributed by atoms with E-state index < -0.39 is 18.5 Å².